The summed E-state index contributed by atoms with van der Waals surface area (Å²) in [5.74, 6) is 0.666. The summed E-state index contributed by atoms with van der Waals surface area (Å²) in [6.07, 6.45) is 5.87. The van der Waals surface area contributed by atoms with Gasteiger partial charge in [-0.05, 0) is 43.0 Å². The van der Waals surface area contributed by atoms with Crippen LogP contribution in [-0.2, 0) is 9.84 Å². The summed E-state index contributed by atoms with van der Waals surface area (Å²) in [4.78, 5) is 0.391. The first-order valence-corrected chi connectivity index (χ1v) is 9.81. The van der Waals surface area contributed by atoms with Gasteiger partial charge in [-0.2, -0.15) is 0 Å². The van der Waals surface area contributed by atoms with Gasteiger partial charge in [0.15, 0.2) is 9.84 Å². The minimum Gasteiger partial charge on any atom is -0.310 e. The largest absolute Gasteiger partial charge is 0.310 e. The summed E-state index contributed by atoms with van der Waals surface area (Å²) in [6.45, 7) is 7.64. The van der Waals surface area contributed by atoms with E-state index >= 15 is 0 Å². The Morgan fingerprint density at radius 2 is 1.71 bits per heavy atom. The minimum absolute atomic E-state index is 0.306. The zero-order valence-electron chi connectivity index (χ0n) is 13.7. The Morgan fingerprint density at radius 1 is 1.10 bits per heavy atom. The van der Waals surface area contributed by atoms with Crippen LogP contribution in [-0.4, -0.2) is 21.2 Å². The van der Waals surface area contributed by atoms with Gasteiger partial charge in [0, 0.05) is 12.3 Å². The Labute approximate surface area is 130 Å². The van der Waals surface area contributed by atoms with Crippen LogP contribution >= 0.6 is 0 Å². The first-order valence-electron chi connectivity index (χ1n) is 7.91. The third kappa shape index (κ3) is 6.18. The molecular formula is C17H29NO2S. The fourth-order valence-corrected chi connectivity index (χ4v) is 3.25. The number of rotatable bonds is 9. The van der Waals surface area contributed by atoms with Gasteiger partial charge in [-0.15, -0.1) is 0 Å². The fraction of sp³-hybridized carbons (Fsp3) is 0.647. The molecule has 0 bridgehead atoms. The van der Waals surface area contributed by atoms with Gasteiger partial charge in [-0.3, -0.25) is 0 Å². The summed E-state index contributed by atoms with van der Waals surface area (Å²) in [6, 6.07) is 7.64. The van der Waals surface area contributed by atoms with Crippen molar-refractivity contribution in [3.8, 4) is 0 Å². The molecule has 0 fully saturated rings. The van der Waals surface area contributed by atoms with Gasteiger partial charge in [0.05, 0.1) is 4.90 Å². The summed E-state index contributed by atoms with van der Waals surface area (Å²) < 4.78 is 23.1. The molecular weight excluding hydrogens is 282 g/mol. The van der Waals surface area contributed by atoms with Gasteiger partial charge in [0.1, 0.15) is 0 Å². The molecule has 0 aliphatic carbocycles. The summed E-state index contributed by atoms with van der Waals surface area (Å²) in [5, 5.41) is 3.58. The summed E-state index contributed by atoms with van der Waals surface area (Å²) in [7, 11) is -3.11. The highest BCUT2D eigenvalue weighted by Crippen LogP contribution is 2.25. The maximum absolute atomic E-state index is 11.5. The van der Waals surface area contributed by atoms with Crippen LogP contribution in [0.3, 0.4) is 0 Å². The van der Waals surface area contributed by atoms with Crippen LogP contribution in [0, 0.1) is 5.92 Å². The van der Waals surface area contributed by atoms with E-state index in [9.17, 15) is 8.42 Å². The van der Waals surface area contributed by atoms with Crippen molar-refractivity contribution >= 4 is 9.84 Å². The molecule has 3 nitrogen and oxygen atoms in total. The molecule has 1 aromatic carbocycles. The lowest BCUT2D eigenvalue weighted by Crippen LogP contribution is -2.24. The average molecular weight is 311 g/mol. The van der Waals surface area contributed by atoms with Gasteiger partial charge < -0.3 is 5.32 Å². The second kappa shape index (κ2) is 8.54. The predicted octanol–water partition coefficient (Wildman–Crippen LogP) is 3.96. The first kappa shape index (κ1) is 18.2. The molecule has 0 aromatic heterocycles. The molecule has 120 valence electrons. The van der Waals surface area contributed by atoms with E-state index in [2.05, 4.69) is 26.1 Å². The lowest BCUT2D eigenvalue weighted by molar-refractivity contribution is 0.390. The Balaban J connectivity index is 2.87. The van der Waals surface area contributed by atoms with Gasteiger partial charge >= 0.3 is 0 Å². The standard InChI is InChI=1S/C17H29NO2S/c1-5-7-14(3)13-17(18-12-6-2)15-8-10-16(11-9-15)21(4,19)20/h8-11,14,17-18H,5-7,12-13H2,1-4H3. The van der Waals surface area contributed by atoms with Gasteiger partial charge in [0.2, 0.25) is 0 Å². The molecule has 0 spiro atoms. The van der Waals surface area contributed by atoms with E-state index in [-0.39, 0.29) is 0 Å². The van der Waals surface area contributed by atoms with Crippen molar-refractivity contribution in [3.63, 3.8) is 0 Å². The molecule has 0 aliphatic heterocycles. The van der Waals surface area contributed by atoms with Crippen molar-refractivity contribution in [3.05, 3.63) is 29.8 Å². The van der Waals surface area contributed by atoms with Crippen molar-refractivity contribution in [2.24, 2.45) is 5.92 Å². The van der Waals surface area contributed by atoms with Gasteiger partial charge in [-0.1, -0.05) is 45.7 Å². The lowest BCUT2D eigenvalue weighted by atomic mass is 9.93. The van der Waals surface area contributed by atoms with Crippen molar-refractivity contribution in [2.75, 3.05) is 12.8 Å². The zero-order valence-corrected chi connectivity index (χ0v) is 14.5. The molecule has 4 heteroatoms. The molecule has 2 unspecified atom stereocenters. The lowest BCUT2D eigenvalue weighted by Gasteiger charge is -2.23. The van der Waals surface area contributed by atoms with Crippen LogP contribution < -0.4 is 5.32 Å². The number of benzene rings is 1. The van der Waals surface area contributed by atoms with Crippen LogP contribution in [0.1, 0.15) is 58.1 Å². The van der Waals surface area contributed by atoms with Crippen molar-refractivity contribution in [1.82, 2.24) is 5.32 Å². The second-order valence-electron chi connectivity index (χ2n) is 5.98. The second-order valence-corrected chi connectivity index (χ2v) is 7.99. The summed E-state index contributed by atoms with van der Waals surface area (Å²) in [5.41, 5.74) is 1.18. The maximum atomic E-state index is 11.5. The molecule has 2 atom stereocenters. The third-order valence-corrected chi connectivity index (χ3v) is 4.90. The highest BCUT2D eigenvalue weighted by molar-refractivity contribution is 7.90. The van der Waals surface area contributed by atoms with E-state index in [0.717, 1.165) is 19.4 Å². The number of sulfone groups is 1. The molecule has 0 aliphatic rings. The molecule has 0 heterocycles. The van der Waals surface area contributed by atoms with E-state index in [1.807, 2.05) is 12.1 Å². The van der Waals surface area contributed by atoms with Crippen molar-refractivity contribution in [1.29, 1.82) is 0 Å². The topological polar surface area (TPSA) is 46.2 Å². The Hall–Kier alpha value is -0.870. The normalized spacial score (nSPS) is 14.9. The number of nitrogens with one attached hydrogen (secondary N) is 1. The number of hydrogen-bond acceptors (Lipinski definition) is 3. The zero-order chi connectivity index (χ0) is 15.9. The molecule has 1 rings (SSSR count). The smallest absolute Gasteiger partial charge is 0.175 e. The Kier molecular flexibility index (Phi) is 7.40. The maximum Gasteiger partial charge on any atom is 0.175 e. The van der Waals surface area contributed by atoms with E-state index in [0.29, 0.717) is 16.9 Å². The molecule has 21 heavy (non-hydrogen) atoms. The van der Waals surface area contributed by atoms with E-state index < -0.39 is 9.84 Å². The quantitative estimate of drug-likeness (QED) is 0.751. The molecule has 1 aromatic rings. The van der Waals surface area contributed by atoms with Crippen molar-refractivity contribution < 1.29 is 8.42 Å². The molecule has 0 amide bonds. The van der Waals surface area contributed by atoms with Crippen LogP contribution in [0.2, 0.25) is 0 Å². The third-order valence-electron chi connectivity index (χ3n) is 3.77. The highest BCUT2D eigenvalue weighted by Gasteiger charge is 2.15. The van der Waals surface area contributed by atoms with Crippen LogP contribution in [0.4, 0.5) is 0 Å². The van der Waals surface area contributed by atoms with E-state index in [1.165, 1.54) is 24.7 Å². The Bertz CT molecular complexity index is 508. The number of hydrogen-bond donors (Lipinski definition) is 1. The molecule has 0 saturated heterocycles. The van der Waals surface area contributed by atoms with Crippen LogP contribution in [0.5, 0.6) is 0 Å². The molecule has 0 saturated carbocycles. The highest BCUT2D eigenvalue weighted by atomic mass is 32.2. The predicted molar refractivity (Wildman–Crippen MR) is 89.3 cm³/mol. The van der Waals surface area contributed by atoms with Crippen LogP contribution in [0.25, 0.3) is 0 Å². The summed E-state index contributed by atoms with van der Waals surface area (Å²) >= 11 is 0. The Morgan fingerprint density at radius 3 is 2.19 bits per heavy atom. The van der Waals surface area contributed by atoms with Gasteiger partial charge in [-0.25, -0.2) is 8.42 Å². The SMILES string of the molecule is CCCNC(CC(C)CCC)c1ccc(S(C)(=O)=O)cc1. The molecule has 0 radical (unpaired) electrons. The van der Waals surface area contributed by atoms with Gasteiger partial charge in [0.25, 0.3) is 0 Å². The van der Waals surface area contributed by atoms with Crippen LogP contribution in [0.15, 0.2) is 29.2 Å². The molecule has 1 N–H and O–H groups in total. The fourth-order valence-electron chi connectivity index (χ4n) is 2.62. The van der Waals surface area contributed by atoms with Crippen molar-refractivity contribution in [2.45, 2.75) is 57.4 Å². The van der Waals surface area contributed by atoms with E-state index in [1.54, 1.807) is 12.1 Å². The first-order chi connectivity index (χ1) is 9.88. The minimum atomic E-state index is -3.11. The average Bonchev–Trinajstić information content (AvgIpc) is 2.43. The monoisotopic (exact) mass is 311 g/mol. The van der Waals surface area contributed by atoms with E-state index in [4.69, 9.17) is 0 Å².